The van der Waals surface area contributed by atoms with Gasteiger partial charge >= 0.3 is 0 Å². The third-order valence-electron chi connectivity index (χ3n) is 1.49. The van der Waals surface area contributed by atoms with E-state index in [0.29, 0.717) is 0 Å². The van der Waals surface area contributed by atoms with Gasteiger partial charge in [0.05, 0.1) is 6.26 Å². The van der Waals surface area contributed by atoms with E-state index in [2.05, 4.69) is 12.1 Å². The topological polar surface area (TPSA) is 13.1 Å². The van der Waals surface area contributed by atoms with E-state index in [1.807, 2.05) is 19.1 Å². The molecule has 0 N–H and O–H groups in total. The molecule has 0 spiro atoms. The van der Waals surface area contributed by atoms with Gasteiger partial charge in [-0.3, -0.25) is 0 Å². The van der Waals surface area contributed by atoms with Crippen LogP contribution >= 0.6 is 0 Å². The molecule has 1 heterocycles. The molecule has 2 rings (SSSR count). The Labute approximate surface area is 59.6 Å². The van der Waals surface area contributed by atoms with E-state index in [0.717, 1.165) is 16.9 Å². The Kier molecular flexibility index (Phi) is 1.04. The Balaban J connectivity index is 2.75. The highest BCUT2D eigenvalue weighted by Gasteiger charge is 2.02. The van der Waals surface area contributed by atoms with Crippen LogP contribution in [0.5, 0.6) is 0 Å². The fourth-order valence-electron chi connectivity index (χ4n) is 1.01. The van der Waals surface area contributed by atoms with Crippen molar-refractivity contribution >= 4 is 0 Å². The van der Waals surface area contributed by atoms with Crippen molar-refractivity contribution in [1.29, 1.82) is 0 Å². The van der Waals surface area contributed by atoms with Crippen molar-refractivity contribution in [2.75, 3.05) is 0 Å². The molecule has 0 amide bonds. The van der Waals surface area contributed by atoms with Gasteiger partial charge in [-0.1, -0.05) is 6.07 Å². The molecule has 0 fully saturated rings. The molecule has 0 aromatic heterocycles. The van der Waals surface area contributed by atoms with E-state index in [4.69, 9.17) is 4.42 Å². The standard InChI is InChI=1S/C9H7O/c1-7-5-8-3-2-4-9(8)10-6-7/h2-3,5-6H,1H3. The number of hydrogen-bond donors (Lipinski definition) is 0. The molecule has 0 atom stereocenters. The number of rotatable bonds is 0. The molecule has 49 valence electrons. The Hall–Kier alpha value is -1.24. The minimum absolute atomic E-state index is 0.839. The van der Waals surface area contributed by atoms with Gasteiger partial charge in [0.15, 0.2) is 0 Å². The zero-order valence-corrected chi connectivity index (χ0v) is 5.72. The SMILES string of the molecule is Cc1coc2[c]ccc-2c1. The molecule has 1 aliphatic heterocycles. The fourth-order valence-corrected chi connectivity index (χ4v) is 1.01. The van der Waals surface area contributed by atoms with Gasteiger partial charge in [0, 0.05) is 11.6 Å². The minimum atomic E-state index is 0.839. The van der Waals surface area contributed by atoms with Gasteiger partial charge < -0.3 is 4.42 Å². The van der Waals surface area contributed by atoms with Crippen molar-refractivity contribution < 1.29 is 4.42 Å². The van der Waals surface area contributed by atoms with Crippen LogP contribution in [0.4, 0.5) is 0 Å². The van der Waals surface area contributed by atoms with Crippen LogP contribution < -0.4 is 0 Å². The highest BCUT2D eigenvalue weighted by atomic mass is 16.3. The highest BCUT2D eigenvalue weighted by molar-refractivity contribution is 5.59. The lowest BCUT2D eigenvalue weighted by Gasteiger charge is -1.96. The molecule has 0 saturated carbocycles. The summed E-state index contributed by atoms with van der Waals surface area (Å²) in [5, 5.41) is 0. The summed E-state index contributed by atoms with van der Waals surface area (Å²) in [6.07, 6.45) is 1.73. The predicted molar refractivity (Wildman–Crippen MR) is 38.9 cm³/mol. The third kappa shape index (κ3) is 0.711. The minimum Gasteiger partial charge on any atom is -0.463 e. The predicted octanol–water partition coefficient (Wildman–Crippen LogP) is 2.49. The molecule has 0 unspecified atom stereocenters. The van der Waals surface area contributed by atoms with Crippen molar-refractivity contribution in [3.8, 4) is 11.3 Å². The molecule has 2 aliphatic rings. The molecule has 10 heavy (non-hydrogen) atoms. The molecule has 0 aromatic carbocycles. The number of fused-ring (bicyclic) bond motifs is 1. The summed E-state index contributed by atoms with van der Waals surface area (Å²) in [5.74, 6) is 0.839. The zero-order chi connectivity index (χ0) is 6.97. The molecule has 1 aliphatic carbocycles. The maximum Gasteiger partial charge on any atom is 0.141 e. The average Bonchev–Trinajstić information content (AvgIpc) is 2.33. The Morgan fingerprint density at radius 3 is 3.30 bits per heavy atom. The van der Waals surface area contributed by atoms with Crippen LogP contribution in [0.3, 0.4) is 0 Å². The van der Waals surface area contributed by atoms with Crippen molar-refractivity contribution in [2.45, 2.75) is 6.92 Å². The monoisotopic (exact) mass is 131 g/mol. The Bertz CT molecular complexity index is 309. The second-order valence-corrected chi connectivity index (χ2v) is 2.39. The summed E-state index contributed by atoms with van der Waals surface area (Å²) < 4.78 is 5.23. The maximum atomic E-state index is 5.23. The first kappa shape index (κ1) is 5.54. The highest BCUT2D eigenvalue weighted by Crippen LogP contribution is 2.22. The van der Waals surface area contributed by atoms with E-state index in [-0.39, 0.29) is 0 Å². The number of aryl methyl sites for hydroxylation is 1. The summed E-state index contributed by atoms with van der Waals surface area (Å²) in [4.78, 5) is 0. The first-order chi connectivity index (χ1) is 4.86. The lowest BCUT2D eigenvalue weighted by atomic mass is 10.2. The van der Waals surface area contributed by atoms with Crippen LogP contribution in [0.1, 0.15) is 5.56 Å². The van der Waals surface area contributed by atoms with Crippen LogP contribution in [0.15, 0.2) is 28.9 Å². The second-order valence-electron chi connectivity index (χ2n) is 2.39. The van der Waals surface area contributed by atoms with Crippen molar-refractivity contribution in [3.63, 3.8) is 0 Å². The second kappa shape index (κ2) is 1.87. The van der Waals surface area contributed by atoms with Gasteiger partial charge in [-0.25, -0.2) is 0 Å². The van der Waals surface area contributed by atoms with Gasteiger partial charge in [-0.2, -0.15) is 0 Å². The van der Waals surface area contributed by atoms with Crippen LogP contribution in [-0.4, -0.2) is 0 Å². The molecule has 1 nitrogen and oxygen atoms in total. The van der Waals surface area contributed by atoms with Crippen LogP contribution in [0, 0.1) is 13.0 Å². The van der Waals surface area contributed by atoms with Gasteiger partial charge in [-0.15, -0.1) is 0 Å². The van der Waals surface area contributed by atoms with Crippen LogP contribution in [-0.2, 0) is 0 Å². The van der Waals surface area contributed by atoms with E-state index in [1.165, 1.54) is 0 Å². The Morgan fingerprint density at radius 1 is 1.50 bits per heavy atom. The van der Waals surface area contributed by atoms with Crippen molar-refractivity contribution in [1.82, 2.24) is 0 Å². The van der Waals surface area contributed by atoms with E-state index in [1.54, 1.807) is 6.26 Å². The lowest BCUT2D eigenvalue weighted by Crippen LogP contribution is -1.74. The summed E-state index contributed by atoms with van der Waals surface area (Å²) >= 11 is 0. The van der Waals surface area contributed by atoms with Crippen LogP contribution in [0.25, 0.3) is 11.3 Å². The largest absolute Gasteiger partial charge is 0.463 e. The first-order valence-corrected chi connectivity index (χ1v) is 3.22. The van der Waals surface area contributed by atoms with E-state index in [9.17, 15) is 0 Å². The van der Waals surface area contributed by atoms with Crippen LogP contribution in [0.2, 0.25) is 0 Å². The third-order valence-corrected chi connectivity index (χ3v) is 1.49. The molecule has 1 radical (unpaired) electrons. The molecule has 1 heteroatoms. The average molecular weight is 131 g/mol. The van der Waals surface area contributed by atoms with E-state index < -0.39 is 0 Å². The molecular weight excluding hydrogens is 124 g/mol. The fraction of sp³-hybridized carbons (Fsp3) is 0.111. The Morgan fingerprint density at radius 2 is 2.40 bits per heavy atom. The number of hydrogen-bond acceptors (Lipinski definition) is 1. The lowest BCUT2D eigenvalue weighted by molar-refractivity contribution is 0.561. The summed E-state index contributed by atoms with van der Waals surface area (Å²) in [6, 6.07) is 8.92. The normalized spacial score (nSPS) is 10.5. The molecule has 0 aromatic rings. The first-order valence-electron chi connectivity index (χ1n) is 3.22. The van der Waals surface area contributed by atoms with Gasteiger partial charge in [0.1, 0.15) is 5.76 Å². The molecule has 0 saturated heterocycles. The molecule has 0 bridgehead atoms. The maximum absolute atomic E-state index is 5.23. The van der Waals surface area contributed by atoms with Crippen molar-refractivity contribution in [3.05, 3.63) is 36.1 Å². The van der Waals surface area contributed by atoms with E-state index >= 15 is 0 Å². The summed E-state index contributed by atoms with van der Waals surface area (Å²) in [7, 11) is 0. The van der Waals surface area contributed by atoms with Gasteiger partial charge in [0.25, 0.3) is 0 Å². The van der Waals surface area contributed by atoms with Gasteiger partial charge in [0.2, 0.25) is 0 Å². The summed E-state index contributed by atoms with van der Waals surface area (Å²) in [6.45, 7) is 2.01. The quantitative estimate of drug-likeness (QED) is 0.535. The zero-order valence-electron chi connectivity index (χ0n) is 5.72. The molecular formula is C9H7O. The summed E-state index contributed by atoms with van der Waals surface area (Å²) in [5.41, 5.74) is 2.27. The smallest absolute Gasteiger partial charge is 0.141 e. The van der Waals surface area contributed by atoms with Crippen molar-refractivity contribution in [2.24, 2.45) is 0 Å². The van der Waals surface area contributed by atoms with Gasteiger partial charge in [-0.05, 0) is 24.6 Å².